The summed E-state index contributed by atoms with van der Waals surface area (Å²) in [6.45, 7) is 8.34. The summed E-state index contributed by atoms with van der Waals surface area (Å²) in [6.07, 6.45) is 2.34. The Kier molecular flexibility index (Phi) is 9.56. The molecule has 2 aromatic carbocycles. The molecular formula is C23H29ClN2O5S. The summed E-state index contributed by atoms with van der Waals surface area (Å²) in [6, 6.07) is 9.65. The van der Waals surface area contributed by atoms with Gasteiger partial charge in [0.15, 0.2) is 11.5 Å². The number of hydrogen-bond donors (Lipinski definition) is 2. The van der Waals surface area contributed by atoms with Gasteiger partial charge in [0.05, 0.1) is 24.5 Å². The van der Waals surface area contributed by atoms with Gasteiger partial charge >= 0.3 is 0 Å². The van der Waals surface area contributed by atoms with Gasteiger partial charge in [0, 0.05) is 17.8 Å². The molecule has 0 fully saturated rings. The molecule has 0 heterocycles. The molecule has 1 amide bonds. The van der Waals surface area contributed by atoms with Crippen molar-refractivity contribution in [3.8, 4) is 11.5 Å². The molecule has 0 radical (unpaired) electrons. The van der Waals surface area contributed by atoms with E-state index in [1.54, 1.807) is 30.3 Å². The van der Waals surface area contributed by atoms with Gasteiger partial charge in [-0.05, 0) is 42.2 Å². The standard InChI is InChI=1S/C23H29ClN2O5S/c1-5-11-25-32(28,29)15-17-6-8-19(9-7-17)26-23(27)18-13-20(24)22(21(14-18)30-4)31-12-10-16(2)3/h5-9,13-14,16,25H,1,10-12,15H2,2-4H3,(H,26,27). The first-order valence-corrected chi connectivity index (χ1v) is 12.2. The zero-order chi connectivity index (χ0) is 23.7. The van der Waals surface area contributed by atoms with Crippen molar-refractivity contribution in [1.29, 1.82) is 0 Å². The number of halogens is 1. The molecule has 2 rings (SSSR count). The topological polar surface area (TPSA) is 93.7 Å². The second-order valence-corrected chi connectivity index (χ2v) is 9.78. The smallest absolute Gasteiger partial charge is 0.255 e. The van der Waals surface area contributed by atoms with Crippen LogP contribution in [0.15, 0.2) is 49.1 Å². The third-order valence-corrected chi connectivity index (χ3v) is 6.05. The quantitative estimate of drug-likeness (QED) is 0.432. The van der Waals surface area contributed by atoms with Crippen LogP contribution in [0.3, 0.4) is 0 Å². The summed E-state index contributed by atoms with van der Waals surface area (Å²) in [4.78, 5) is 12.7. The van der Waals surface area contributed by atoms with Gasteiger partial charge < -0.3 is 14.8 Å². The van der Waals surface area contributed by atoms with Gasteiger partial charge in [-0.15, -0.1) is 6.58 Å². The van der Waals surface area contributed by atoms with Gasteiger partial charge in [0.1, 0.15) is 0 Å². The van der Waals surface area contributed by atoms with Crippen LogP contribution in [-0.2, 0) is 15.8 Å². The van der Waals surface area contributed by atoms with E-state index in [-0.39, 0.29) is 23.2 Å². The summed E-state index contributed by atoms with van der Waals surface area (Å²) in [5.74, 6) is 0.716. The fraction of sp³-hybridized carbons (Fsp3) is 0.348. The summed E-state index contributed by atoms with van der Waals surface area (Å²) in [5.41, 5.74) is 1.41. The van der Waals surface area contributed by atoms with E-state index in [9.17, 15) is 13.2 Å². The molecule has 2 aromatic rings. The van der Waals surface area contributed by atoms with E-state index < -0.39 is 10.0 Å². The minimum atomic E-state index is -3.45. The van der Waals surface area contributed by atoms with E-state index in [1.165, 1.54) is 19.3 Å². The maximum absolute atomic E-state index is 12.7. The first kappa shape index (κ1) is 25.7. The van der Waals surface area contributed by atoms with E-state index in [4.69, 9.17) is 21.1 Å². The summed E-state index contributed by atoms with van der Waals surface area (Å²) >= 11 is 6.34. The number of carbonyl (C=O) groups excluding carboxylic acids is 1. The van der Waals surface area contributed by atoms with E-state index in [2.05, 4.69) is 30.5 Å². The zero-order valence-corrected chi connectivity index (χ0v) is 20.1. The number of benzene rings is 2. The molecule has 7 nitrogen and oxygen atoms in total. The lowest BCUT2D eigenvalue weighted by Gasteiger charge is -2.15. The SMILES string of the molecule is C=CCNS(=O)(=O)Cc1ccc(NC(=O)c2cc(Cl)c(OCCC(C)C)c(OC)c2)cc1. The van der Waals surface area contributed by atoms with Crippen molar-refractivity contribution in [2.24, 2.45) is 5.92 Å². The monoisotopic (exact) mass is 480 g/mol. The van der Waals surface area contributed by atoms with Gasteiger partial charge in [-0.1, -0.05) is 43.7 Å². The maximum atomic E-state index is 12.7. The summed E-state index contributed by atoms with van der Waals surface area (Å²) in [5, 5.41) is 3.05. The van der Waals surface area contributed by atoms with Crippen LogP contribution in [0, 0.1) is 5.92 Å². The molecule has 9 heteroatoms. The third-order valence-electron chi connectivity index (χ3n) is 4.45. The van der Waals surface area contributed by atoms with Crippen molar-refractivity contribution in [2.75, 3.05) is 25.6 Å². The molecule has 0 spiro atoms. The number of methoxy groups -OCH3 is 1. The minimum absolute atomic E-state index is 0.167. The molecule has 0 aliphatic carbocycles. The normalized spacial score (nSPS) is 11.3. The van der Waals surface area contributed by atoms with Gasteiger partial charge in [-0.25, -0.2) is 13.1 Å². The molecule has 32 heavy (non-hydrogen) atoms. The number of sulfonamides is 1. The number of carbonyl (C=O) groups is 1. The Hall–Kier alpha value is -2.55. The molecule has 2 N–H and O–H groups in total. The highest BCUT2D eigenvalue weighted by molar-refractivity contribution is 7.88. The van der Waals surface area contributed by atoms with Crippen molar-refractivity contribution < 1.29 is 22.7 Å². The van der Waals surface area contributed by atoms with Gasteiger partial charge in [0.25, 0.3) is 5.91 Å². The van der Waals surface area contributed by atoms with Crippen molar-refractivity contribution in [3.63, 3.8) is 0 Å². The zero-order valence-electron chi connectivity index (χ0n) is 18.5. The number of amides is 1. The fourth-order valence-electron chi connectivity index (χ4n) is 2.73. The lowest BCUT2D eigenvalue weighted by molar-refractivity contribution is 0.102. The van der Waals surface area contributed by atoms with Crippen LogP contribution in [0.1, 0.15) is 36.2 Å². The highest BCUT2D eigenvalue weighted by atomic mass is 35.5. The molecule has 0 bridgehead atoms. The van der Waals surface area contributed by atoms with Crippen molar-refractivity contribution in [2.45, 2.75) is 26.0 Å². The summed E-state index contributed by atoms with van der Waals surface area (Å²) < 4.78 is 37.4. The second-order valence-electron chi connectivity index (χ2n) is 7.57. The molecule has 0 aliphatic rings. The Labute approximate surface area is 194 Å². The first-order valence-electron chi connectivity index (χ1n) is 10.1. The average Bonchev–Trinajstić information content (AvgIpc) is 2.74. The number of ether oxygens (including phenoxy) is 2. The number of anilines is 1. The second kappa shape index (κ2) is 11.9. The first-order chi connectivity index (χ1) is 15.1. The van der Waals surface area contributed by atoms with Crippen LogP contribution in [0.25, 0.3) is 0 Å². The molecule has 0 atom stereocenters. The van der Waals surface area contributed by atoms with Crippen LogP contribution < -0.4 is 19.5 Å². The van der Waals surface area contributed by atoms with E-state index in [0.29, 0.717) is 40.8 Å². The highest BCUT2D eigenvalue weighted by Crippen LogP contribution is 2.37. The largest absolute Gasteiger partial charge is 0.493 e. The van der Waals surface area contributed by atoms with Gasteiger partial charge in [-0.3, -0.25) is 4.79 Å². The van der Waals surface area contributed by atoms with Crippen LogP contribution in [0.4, 0.5) is 5.69 Å². The Morgan fingerprint density at radius 3 is 2.50 bits per heavy atom. The number of hydrogen-bond acceptors (Lipinski definition) is 5. The van der Waals surface area contributed by atoms with Gasteiger partial charge in [0.2, 0.25) is 10.0 Å². The fourth-order valence-corrected chi connectivity index (χ4v) is 4.10. The molecule has 0 aromatic heterocycles. The van der Waals surface area contributed by atoms with Crippen LogP contribution >= 0.6 is 11.6 Å². The Morgan fingerprint density at radius 2 is 1.91 bits per heavy atom. The summed E-state index contributed by atoms with van der Waals surface area (Å²) in [7, 11) is -1.97. The predicted octanol–water partition coefficient (Wildman–Crippen LogP) is 4.63. The Balaban J connectivity index is 2.08. The minimum Gasteiger partial charge on any atom is -0.493 e. The van der Waals surface area contributed by atoms with Crippen LogP contribution in [-0.4, -0.2) is 34.6 Å². The third kappa shape index (κ3) is 7.85. The van der Waals surface area contributed by atoms with E-state index >= 15 is 0 Å². The van der Waals surface area contributed by atoms with Gasteiger partial charge in [-0.2, -0.15) is 0 Å². The van der Waals surface area contributed by atoms with Crippen molar-refractivity contribution >= 4 is 33.2 Å². The lowest BCUT2D eigenvalue weighted by atomic mass is 10.1. The highest BCUT2D eigenvalue weighted by Gasteiger charge is 2.17. The Bertz CT molecular complexity index is 1040. The maximum Gasteiger partial charge on any atom is 0.255 e. The number of rotatable bonds is 12. The molecule has 0 saturated heterocycles. The number of nitrogens with one attached hydrogen (secondary N) is 2. The molecule has 0 saturated carbocycles. The predicted molar refractivity (Wildman–Crippen MR) is 128 cm³/mol. The average molecular weight is 481 g/mol. The van der Waals surface area contributed by atoms with E-state index in [0.717, 1.165) is 6.42 Å². The lowest BCUT2D eigenvalue weighted by Crippen LogP contribution is -2.25. The van der Waals surface area contributed by atoms with Crippen LogP contribution in [0.5, 0.6) is 11.5 Å². The molecule has 0 unspecified atom stereocenters. The van der Waals surface area contributed by atoms with Crippen molar-refractivity contribution in [1.82, 2.24) is 4.72 Å². The van der Waals surface area contributed by atoms with Crippen molar-refractivity contribution in [3.05, 3.63) is 65.2 Å². The van der Waals surface area contributed by atoms with E-state index in [1.807, 2.05) is 0 Å². The van der Waals surface area contributed by atoms with Crippen LogP contribution in [0.2, 0.25) is 5.02 Å². The molecule has 0 aliphatic heterocycles. The molecule has 174 valence electrons. The Morgan fingerprint density at radius 1 is 1.22 bits per heavy atom. The molecular weight excluding hydrogens is 452 g/mol.